The van der Waals surface area contributed by atoms with Gasteiger partial charge in [0.05, 0.1) is 0 Å². The standard InChI is InChI=1S/C12H25NS2/c1-4-13-11(6-5-10(2)3)12-9-14-7-8-15-12/h10-13H,4-9H2,1-3H3. The average Bonchev–Trinajstić information content (AvgIpc) is 2.25. The summed E-state index contributed by atoms with van der Waals surface area (Å²) in [5.41, 5.74) is 0. The van der Waals surface area contributed by atoms with E-state index in [1.54, 1.807) is 0 Å². The van der Waals surface area contributed by atoms with Crippen molar-refractivity contribution in [2.24, 2.45) is 5.92 Å². The van der Waals surface area contributed by atoms with Crippen LogP contribution in [-0.4, -0.2) is 35.1 Å². The maximum Gasteiger partial charge on any atom is 0.0291 e. The Hall–Kier alpha value is 0.660. The molecule has 1 N–H and O–H groups in total. The molecule has 0 aliphatic carbocycles. The molecule has 0 aromatic heterocycles. The minimum Gasteiger partial charge on any atom is -0.313 e. The zero-order chi connectivity index (χ0) is 11.1. The zero-order valence-electron chi connectivity index (χ0n) is 10.3. The van der Waals surface area contributed by atoms with Crippen molar-refractivity contribution in [3.63, 3.8) is 0 Å². The Kier molecular flexibility index (Phi) is 7.19. The number of rotatable bonds is 6. The van der Waals surface area contributed by atoms with Crippen molar-refractivity contribution in [1.29, 1.82) is 0 Å². The Morgan fingerprint density at radius 2 is 2.07 bits per heavy atom. The van der Waals surface area contributed by atoms with Crippen molar-refractivity contribution in [2.45, 2.75) is 44.9 Å². The van der Waals surface area contributed by atoms with Crippen molar-refractivity contribution in [2.75, 3.05) is 23.8 Å². The summed E-state index contributed by atoms with van der Waals surface area (Å²) in [6, 6.07) is 0.746. The highest BCUT2D eigenvalue weighted by atomic mass is 32.2. The molecule has 0 bridgehead atoms. The van der Waals surface area contributed by atoms with Crippen LogP contribution in [-0.2, 0) is 0 Å². The van der Waals surface area contributed by atoms with Gasteiger partial charge >= 0.3 is 0 Å². The van der Waals surface area contributed by atoms with Crippen LogP contribution in [0, 0.1) is 5.92 Å². The Balaban J connectivity index is 2.33. The summed E-state index contributed by atoms with van der Waals surface area (Å²) in [6.07, 6.45) is 2.71. The summed E-state index contributed by atoms with van der Waals surface area (Å²) in [5, 5.41) is 4.52. The Labute approximate surface area is 104 Å². The highest BCUT2D eigenvalue weighted by Gasteiger charge is 2.23. The van der Waals surface area contributed by atoms with Crippen LogP contribution >= 0.6 is 23.5 Å². The smallest absolute Gasteiger partial charge is 0.0291 e. The van der Waals surface area contributed by atoms with Gasteiger partial charge in [-0.25, -0.2) is 0 Å². The van der Waals surface area contributed by atoms with Gasteiger partial charge in [-0.3, -0.25) is 0 Å². The molecule has 0 aromatic carbocycles. The fourth-order valence-corrected chi connectivity index (χ4v) is 4.86. The normalized spacial score (nSPS) is 24.4. The van der Waals surface area contributed by atoms with Crippen LogP contribution in [0.3, 0.4) is 0 Å². The van der Waals surface area contributed by atoms with E-state index in [0.717, 1.165) is 23.8 Å². The maximum atomic E-state index is 3.67. The molecule has 2 unspecified atom stereocenters. The lowest BCUT2D eigenvalue weighted by atomic mass is 10.0. The van der Waals surface area contributed by atoms with Gasteiger partial charge in [0.25, 0.3) is 0 Å². The molecule has 0 amide bonds. The van der Waals surface area contributed by atoms with E-state index in [1.807, 2.05) is 0 Å². The van der Waals surface area contributed by atoms with Gasteiger partial charge in [0.1, 0.15) is 0 Å². The molecule has 15 heavy (non-hydrogen) atoms. The number of thioether (sulfide) groups is 2. The lowest BCUT2D eigenvalue weighted by Crippen LogP contribution is -2.41. The van der Waals surface area contributed by atoms with Gasteiger partial charge in [-0.1, -0.05) is 20.8 Å². The van der Waals surface area contributed by atoms with E-state index in [9.17, 15) is 0 Å². The first kappa shape index (κ1) is 13.7. The second-order valence-electron chi connectivity index (χ2n) is 4.62. The van der Waals surface area contributed by atoms with Crippen LogP contribution in [0.15, 0.2) is 0 Å². The SMILES string of the molecule is CCNC(CCC(C)C)C1CSCCS1. The molecule has 1 aliphatic heterocycles. The van der Waals surface area contributed by atoms with Gasteiger partial charge in [-0.15, -0.1) is 0 Å². The highest BCUT2D eigenvalue weighted by molar-refractivity contribution is 8.06. The fourth-order valence-electron chi connectivity index (χ4n) is 1.93. The summed E-state index contributed by atoms with van der Waals surface area (Å²) in [4.78, 5) is 0. The zero-order valence-corrected chi connectivity index (χ0v) is 11.9. The second-order valence-corrected chi connectivity index (χ2v) is 7.12. The summed E-state index contributed by atoms with van der Waals surface area (Å²) < 4.78 is 0. The molecule has 0 radical (unpaired) electrons. The summed E-state index contributed by atoms with van der Waals surface area (Å²) in [5.74, 6) is 4.89. The molecule has 0 aromatic rings. The summed E-state index contributed by atoms with van der Waals surface area (Å²) in [7, 11) is 0. The molecule has 90 valence electrons. The van der Waals surface area contributed by atoms with Crippen LogP contribution in [0.25, 0.3) is 0 Å². The van der Waals surface area contributed by atoms with Gasteiger partial charge < -0.3 is 5.32 Å². The monoisotopic (exact) mass is 247 g/mol. The largest absolute Gasteiger partial charge is 0.313 e. The van der Waals surface area contributed by atoms with Crippen molar-refractivity contribution < 1.29 is 0 Å². The van der Waals surface area contributed by atoms with E-state index >= 15 is 0 Å². The minimum atomic E-state index is 0.746. The van der Waals surface area contributed by atoms with Gasteiger partial charge in [0, 0.05) is 28.6 Å². The molecule has 1 aliphatic rings. The Morgan fingerprint density at radius 3 is 2.60 bits per heavy atom. The van der Waals surface area contributed by atoms with Crippen molar-refractivity contribution in [3.8, 4) is 0 Å². The van der Waals surface area contributed by atoms with E-state index in [4.69, 9.17) is 0 Å². The Bertz CT molecular complexity index is 156. The molecule has 0 saturated carbocycles. The van der Waals surface area contributed by atoms with E-state index < -0.39 is 0 Å². The lowest BCUT2D eigenvalue weighted by molar-refractivity contribution is 0.436. The number of nitrogens with one attached hydrogen (secondary N) is 1. The third kappa shape index (κ3) is 5.50. The third-order valence-electron chi connectivity index (χ3n) is 2.81. The van der Waals surface area contributed by atoms with Crippen molar-refractivity contribution in [3.05, 3.63) is 0 Å². The van der Waals surface area contributed by atoms with E-state index in [-0.39, 0.29) is 0 Å². The lowest BCUT2D eigenvalue weighted by Gasteiger charge is -2.30. The van der Waals surface area contributed by atoms with Gasteiger partial charge in [0.2, 0.25) is 0 Å². The summed E-state index contributed by atoms with van der Waals surface area (Å²) in [6.45, 7) is 7.99. The average molecular weight is 247 g/mol. The molecule has 1 nitrogen and oxygen atoms in total. The third-order valence-corrected chi connectivity index (χ3v) is 5.73. The van der Waals surface area contributed by atoms with Crippen LogP contribution in [0.5, 0.6) is 0 Å². The highest BCUT2D eigenvalue weighted by Crippen LogP contribution is 2.28. The molecule has 1 saturated heterocycles. The molecule has 1 heterocycles. The first-order chi connectivity index (χ1) is 7.24. The van der Waals surface area contributed by atoms with Crippen LogP contribution in [0.4, 0.5) is 0 Å². The van der Waals surface area contributed by atoms with Crippen molar-refractivity contribution >= 4 is 23.5 Å². The second kappa shape index (κ2) is 7.86. The van der Waals surface area contributed by atoms with E-state index in [2.05, 4.69) is 49.6 Å². The van der Waals surface area contributed by atoms with Crippen molar-refractivity contribution in [1.82, 2.24) is 5.32 Å². The molecule has 1 fully saturated rings. The molecule has 3 heteroatoms. The summed E-state index contributed by atoms with van der Waals surface area (Å²) >= 11 is 4.31. The van der Waals surface area contributed by atoms with Crippen LogP contribution < -0.4 is 5.32 Å². The van der Waals surface area contributed by atoms with Gasteiger partial charge in [0.15, 0.2) is 0 Å². The van der Waals surface area contributed by atoms with E-state index in [0.29, 0.717) is 0 Å². The maximum absolute atomic E-state index is 3.67. The quantitative estimate of drug-likeness (QED) is 0.774. The molecule has 1 rings (SSSR count). The van der Waals surface area contributed by atoms with Crippen LogP contribution in [0.2, 0.25) is 0 Å². The molecular formula is C12H25NS2. The van der Waals surface area contributed by atoms with Gasteiger partial charge in [-0.2, -0.15) is 23.5 Å². The Morgan fingerprint density at radius 1 is 1.27 bits per heavy atom. The minimum absolute atomic E-state index is 0.746. The molecule has 2 atom stereocenters. The topological polar surface area (TPSA) is 12.0 Å². The predicted molar refractivity (Wildman–Crippen MR) is 75.1 cm³/mol. The van der Waals surface area contributed by atoms with E-state index in [1.165, 1.54) is 30.1 Å². The number of hydrogen-bond donors (Lipinski definition) is 1. The van der Waals surface area contributed by atoms with Gasteiger partial charge in [-0.05, 0) is 25.3 Å². The number of hydrogen-bond acceptors (Lipinski definition) is 3. The predicted octanol–water partition coefficient (Wildman–Crippen LogP) is 3.25. The molecule has 0 spiro atoms. The van der Waals surface area contributed by atoms with Crippen LogP contribution in [0.1, 0.15) is 33.6 Å². The molecular weight excluding hydrogens is 222 g/mol. The first-order valence-electron chi connectivity index (χ1n) is 6.16. The fraction of sp³-hybridized carbons (Fsp3) is 1.00. The first-order valence-corrected chi connectivity index (χ1v) is 8.37.